The summed E-state index contributed by atoms with van der Waals surface area (Å²) < 4.78 is 1.51. The lowest BCUT2D eigenvalue weighted by molar-refractivity contribution is -0.116. The Hall–Kier alpha value is -2.80. The number of aromatic nitrogens is 2. The van der Waals surface area contributed by atoms with Crippen molar-refractivity contribution in [3.8, 4) is 5.69 Å². The highest BCUT2D eigenvalue weighted by Crippen LogP contribution is 2.28. The number of anilines is 1. The summed E-state index contributed by atoms with van der Waals surface area (Å²) in [6.45, 7) is 4.06. The molecule has 0 unspecified atom stereocenters. The van der Waals surface area contributed by atoms with E-state index in [-0.39, 0.29) is 11.5 Å². The van der Waals surface area contributed by atoms with Gasteiger partial charge in [-0.25, -0.2) is 4.98 Å². The quantitative estimate of drug-likeness (QED) is 0.168. The molecule has 0 bridgehead atoms. The van der Waals surface area contributed by atoms with Crippen molar-refractivity contribution in [1.29, 1.82) is 0 Å². The second-order valence-corrected chi connectivity index (χ2v) is 9.85. The van der Waals surface area contributed by atoms with Crippen molar-refractivity contribution >= 4 is 57.5 Å². The van der Waals surface area contributed by atoms with Gasteiger partial charge in [0.1, 0.15) is 0 Å². The molecule has 4 rings (SSSR count). The molecule has 0 saturated heterocycles. The van der Waals surface area contributed by atoms with E-state index in [0.717, 1.165) is 11.3 Å². The summed E-state index contributed by atoms with van der Waals surface area (Å²) in [7, 11) is 0. The molecule has 8 heteroatoms. The molecule has 3 aromatic carbocycles. The van der Waals surface area contributed by atoms with E-state index in [1.165, 1.54) is 21.9 Å². The summed E-state index contributed by atoms with van der Waals surface area (Å²) in [6, 6.07) is 18.1. The summed E-state index contributed by atoms with van der Waals surface area (Å²) in [4.78, 5) is 30.4. The minimum atomic E-state index is -0.204. The lowest BCUT2D eigenvalue weighted by Gasteiger charge is -2.14. The van der Waals surface area contributed by atoms with Gasteiger partial charge in [-0.05, 0) is 73.9 Å². The van der Waals surface area contributed by atoms with Gasteiger partial charge in [0.25, 0.3) is 5.56 Å². The number of nitrogens with one attached hydrogen (secondary N) is 1. The molecule has 5 nitrogen and oxygen atoms in total. The van der Waals surface area contributed by atoms with E-state index < -0.39 is 0 Å². The van der Waals surface area contributed by atoms with Crippen molar-refractivity contribution in [2.45, 2.75) is 31.8 Å². The number of amides is 1. The Labute approximate surface area is 212 Å². The van der Waals surface area contributed by atoms with Crippen LogP contribution >= 0.6 is 35.0 Å². The van der Waals surface area contributed by atoms with E-state index in [0.29, 0.717) is 50.4 Å². The molecule has 4 aromatic rings. The number of rotatable bonds is 7. The smallest absolute Gasteiger partial charge is 0.266 e. The molecule has 174 valence electrons. The monoisotopic (exact) mass is 511 g/mol. The zero-order chi connectivity index (χ0) is 24.2. The number of carbonyl (C=O) groups excluding carboxylic acids is 1. The van der Waals surface area contributed by atoms with Crippen LogP contribution in [-0.4, -0.2) is 21.2 Å². The zero-order valence-corrected chi connectivity index (χ0v) is 21.1. The van der Waals surface area contributed by atoms with Gasteiger partial charge >= 0.3 is 0 Å². The molecular weight excluding hydrogens is 489 g/mol. The molecular formula is C26H23Cl2N3O2S. The van der Waals surface area contributed by atoms with Gasteiger partial charge in [-0.1, -0.05) is 53.2 Å². The fourth-order valence-corrected chi connectivity index (χ4v) is 4.96. The number of hydrogen-bond acceptors (Lipinski definition) is 4. The molecule has 0 spiro atoms. The molecule has 0 aliphatic heterocycles. The average molecular weight is 512 g/mol. The van der Waals surface area contributed by atoms with E-state index in [1.807, 2.05) is 44.2 Å². The number of para-hydroxylation sites is 1. The van der Waals surface area contributed by atoms with Crippen LogP contribution in [0, 0.1) is 13.8 Å². The number of thioether (sulfide) groups is 1. The highest BCUT2D eigenvalue weighted by Gasteiger charge is 2.16. The number of benzene rings is 3. The lowest BCUT2D eigenvalue weighted by Crippen LogP contribution is -2.22. The van der Waals surface area contributed by atoms with Gasteiger partial charge in [0.2, 0.25) is 5.91 Å². The number of carbonyl (C=O) groups is 1. The Kier molecular flexibility index (Phi) is 7.61. The molecule has 0 aliphatic carbocycles. The van der Waals surface area contributed by atoms with Gasteiger partial charge < -0.3 is 5.32 Å². The number of hydrogen-bond donors (Lipinski definition) is 1. The van der Waals surface area contributed by atoms with E-state index in [4.69, 9.17) is 28.2 Å². The largest absolute Gasteiger partial charge is 0.326 e. The van der Waals surface area contributed by atoms with E-state index in [9.17, 15) is 9.59 Å². The van der Waals surface area contributed by atoms with Crippen LogP contribution in [-0.2, 0) is 4.79 Å². The maximum Gasteiger partial charge on any atom is 0.266 e. The van der Waals surface area contributed by atoms with Gasteiger partial charge in [-0.2, -0.15) is 0 Å². The standard InChI is InChI=1S/C26H23Cl2N3O2S/c1-16-9-11-19(14-17(16)2)29-24(32)8-5-13-34-26-30-22-7-4-3-6-20(22)25(33)31(26)23-12-10-18(27)15-21(23)28/h3-4,6-7,9-12,14-15H,5,8,13H2,1-2H3,(H,29,32). The first-order valence-electron chi connectivity index (χ1n) is 10.8. The summed E-state index contributed by atoms with van der Waals surface area (Å²) in [6.07, 6.45) is 0.984. The maximum atomic E-state index is 13.3. The predicted octanol–water partition coefficient (Wildman–Crippen LogP) is 6.82. The minimum absolute atomic E-state index is 0.0477. The minimum Gasteiger partial charge on any atom is -0.326 e. The Morgan fingerprint density at radius 1 is 1.03 bits per heavy atom. The van der Waals surface area contributed by atoms with Crippen molar-refractivity contribution in [2.24, 2.45) is 0 Å². The van der Waals surface area contributed by atoms with Crippen LogP contribution in [0.4, 0.5) is 5.69 Å². The van der Waals surface area contributed by atoms with Crippen molar-refractivity contribution in [3.05, 3.63) is 92.2 Å². The van der Waals surface area contributed by atoms with Crippen LogP contribution in [0.25, 0.3) is 16.6 Å². The first kappa shape index (κ1) is 24.3. The van der Waals surface area contributed by atoms with Crippen LogP contribution in [0.15, 0.2) is 70.6 Å². The molecule has 1 heterocycles. The van der Waals surface area contributed by atoms with Crippen LogP contribution in [0.1, 0.15) is 24.0 Å². The topological polar surface area (TPSA) is 64.0 Å². The number of halogens is 2. The fraction of sp³-hybridized carbons (Fsp3) is 0.192. The molecule has 34 heavy (non-hydrogen) atoms. The van der Waals surface area contributed by atoms with Crippen LogP contribution < -0.4 is 10.9 Å². The van der Waals surface area contributed by atoms with Crippen LogP contribution in [0.3, 0.4) is 0 Å². The Bertz CT molecular complexity index is 1440. The third-order valence-corrected chi connectivity index (χ3v) is 7.03. The summed E-state index contributed by atoms with van der Waals surface area (Å²) in [5, 5.41) is 4.81. The van der Waals surface area contributed by atoms with Crippen LogP contribution in [0.2, 0.25) is 10.0 Å². The van der Waals surface area contributed by atoms with Gasteiger partial charge in [0, 0.05) is 22.9 Å². The second-order valence-electron chi connectivity index (χ2n) is 7.95. The number of nitrogens with zero attached hydrogens (tertiary/aromatic N) is 2. The van der Waals surface area contributed by atoms with Gasteiger partial charge in [-0.15, -0.1) is 0 Å². The molecule has 0 atom stereocenters. The van der Waals surface area contributed by atoms with Crippen molar-refractivity contribution < 1.29 is 4.79 Å². The molecule has 0 fully saturated rings. The molecule has 0 aliphatic rings. The van der Waals surface area contributed by atoms with E-state index in [1.54, 1.807) is 30.3 Å². The van der Waals surface area contributed by atoms with E-state index in [2.05, 4.69) is 5.32 Å². The van der Waals surface area contributed by atoms with Crippen molar-refractivity contribution in [1.82, 2.24) is 9.55 Å². The molecule has 0 saturated carbocycles. The lowest BCUT2D eigenvalue weighted by atomic mass is 10.1. The zero-order valence-electron chi connectivity index (χ0n) is 18.8. The molecule has 1 N–H and O–H groups in total. The van der Waals surface area contributed by atoms with Crippen LogP contribution in [0.5, 0.6) is 0 Å². The Morgan fingerprint density at radius 3 is 2.59 bits per heavy atom. The molecule has 0 radical (unpaired) electrons. The van der Waals surface area contributed by atoms with E-state index >= 15 is 0 Å². The maximum absolute atomic E-state index is 13.3. The fourth-order valence-electron chi connectivity index (χ4n) is 3.52. The van der Waals surface area contributed by atoms with Gasteiger partial charge in [0.05, 0.1) is 21.6 Å². The highest BCUT2D eigenvalue weighted by molar-refractivity contribution is 7.99. The Balaban J connectivity index is 1.51. The van der Waals surface area contributed by atoms with Crippen molar-refractivity contribution in [2.75, 3.05) is 11.1 Å². The normalized spacial score (nSPS) is 11.1. The first-order valence-corrected chi connectivity index (χ1v) is 12.5. The SMILES string of the molecule is Cc1ccc(NC(=O)CCCSc2nc3ccccc3c(=O)n2-c2ccc(Cl)cc2Cl)cc1C. The average Bonchev–Trinajstić information content (AvgIpc) is 2.80. The molecule has 1 amide bonds. The third kappa shape index (κ3) is 5.46. The number of fused-ring (bicyclic) bond motifs is 1. The number of aryl methyl sites for hydroxylation is 2. The molecule has 1 aromatic heterocycles. The van der Waals surface area contributed by atoms with Gasteiger partial charge in [-0.3, -0.25) is 14.2 Å². The first-order chi connectivity index (χ1) is 16.3. The summed E-state index contributed by atoms with van der Waals surface area (Å²) in [5.74, 6) is 0.560. The summed E-state index contributed by atoms with van der Waals surface area (Å²) in [5.41, 5.74) is 4.04. The Morgan fingerprint density at radius 2 is 1.82 bits per heavy atom. The third-order valence-electron chi connectivity index (χ3n) is 5.47. The van der Waals surface area contributed by atoms with Gasteiger partial charge in [0.15, 0.2) is 5.16 Å². The predicted molar refractivity (Wildman–Crippen MR) is 142 cm³/mol. The summed E-state index contributed by atoms with van der Waals surface area (Å²) >= 11 is 13.9. The highest BCUT2D eigenvalue weighted by atomic mass is 35.5. The van der Waals surface area contributed by atoms with Crippen molar-refractivity contribution in [3.63, 3.8) is 0 Å². The second kappa shape index (κ2) is 10.6.